The second-order valence-corrected chi connectivity index (χ2v) is 6.55. The summed E-state index contributed by atoms with van der Waals surface area (Å²) >= 11 is 0. The summed E-state index contributed by atoms with van der Waals surface area (Å²) in [5, 5.41) is 6.67. The summed E-state index contributed by atoms with van der Waals surface area (Å²) in [4.78, 5) is 9.25. The Morgan fingerprint density at radius 1 is 1.12 bits per heavy atom. The van der Waals surface area contributed by atoms with Crippen LogP contribution in [0.4, 0.5) is 5.69 Å². The van der Waals surface area contributed by atoms with E-state index in [1.54, 1.807) is 21.3 Å². The van der Waals surface area contributed by atoms with Gasteiger partial charge in [0.2, 0.25) is 0 Å². The number of likely N-dealkylation sites (N-methyl/N-ethyl adjacent to an activating group) is 1. The third-order valence-electron chi connectivity index (χ3n) is 4.63. The van der Waals surface area contributed by atoms with E-state index in [9.17, 15) is 0 Å². The molecule has 0 saturated carbocycles. The third-order valence-corrected chi connectivity index (χ3v) is 4.63. The number of ether oxygens (including phenoxy) is 2. The Hall–Kier alpha value is -1.99. The van der Waals surface area contributed by atoms with E-state index < -0.39 is 0 Å². The molecule has 0 amide bonds. The first-order valence-electron chi connectivity index (χ1n) is 9.27. The lowest BCUT2D eigenvalue weighted by molar-refractivity contribution is 0.274. The highest BCUT2D eigenvalue weighted by Gasteiger charge is 2.11. The van der Waals surface area contributed by atoms with Gasteiger partial charge in [-0.1, -0.05) is 0 Å². The van der Waals surface area contributed by atoms with E-state index in [1.807, 2.05) is 18.2 Å². The van der Waals surface area contributed by atoms with Crippen molar-refractivity contribution < 1.29 is 9.47 Å². The Kier molecular flexibility index (Phi) is 8.50. The van der Waals surface area contributed by atoms with Gasteiger partial charge >= 0.3 is 0 Å². The number of methoxy groups -OCH3 is 2. The Morgan fingerprint density at radius 3 is 2.65 bits per heavy atom. The van der Waals surface area contributed by atoms with E-state index in [4.69, 9.17) is 9.47 Å². The molecule has 1 fully saturated rings. The molecule has 7 nitrogen and oxygen atoms in total. The zero-order valence-electron chi connectivity index (χ0n) is 16.5. The van der Waals surface area contributed by atoms with E-state index in [1.165, 1.54) is 19.5 Å². The van der Waals surface area contributed by atoms with Crippen LogP contribution in [-0.2, 0) is 0 Å². The van der Waals surface area contributed by atoms with Crippen LogP contribution in [0.15, 0.2) is 23.2 Å². The molecule has 146 valence electrons. The number of nitrogens with zero attached hydrogens (tertiary/aromatic N) is 3. The van der Waals surface area contributed by atoms with Crippen molar-refractivity contribution >= 4 is 11.6 Å². The molecule has 1 heterocycles. The minimum atomic E-state index is 0.694. The molecule has 0 spiro atoms. The van der Waals surface area contributed by atoms with Crippen LogP contribution in [-0.4, -0.2) is 83.3 Å². The molecule has 1 saturated heterocycles. The van der Waals surface area contributed by atoms with Crippen molar-refractivity contribution in [2.45, 2.75) is 12.8 Å². The molecule has 26 heavy (non-hydrogen) atoms. The molecule has 0 atom stereocenters. The van der Waals surface area contributed by atoms with Gasteiger partial charge in [0, 0.05) is 38.4 Å². The van der Waals surface area contributed by atoms with Gasteiger partial charge in [0.25, 0.3) is 0 Å². The minimum Gasteiger partial charge on any atom is -0.493 e. The predicted octanol–water partition coefficient (Wildman–Crippen LogP) is 1.72. The molecule has 0 aliphatic carbocycles. The van der Waals surface area contributed by atoms with Gasteiger partial charge in [-0.05, 0) is 51.7 Å². The molecule has 1 aliphatic rings. The summed E-state index contributed by atoms with van der Waals surface area (Å²) in [7, 11) is 7.25. The third kappa shape index (κ3) is 6.38. The average molecular weight is 364 g/mol. The van der Waals surface area contributed by atoms with Crippen LogP contribution in [0.2, 0.25) is 0 Å². The number of nitrogens with one attached hydrogen (secondary N) is 2. The van der Waals surface area contributed by atoms with Crippen molar-refractivity contribution in [2.24, 2.45) is 4.99 Å². The smallest absolute Gasteiger partial charge is 0.195 e. The normalized spacial score (nSPS) is 16.8. The summed E-state index contributed by atoms with van der Waals surface area (Å²) in [6.45, 7) is 6.73. The van der Waals surface area contributed by atoms with Crippen molar-refractivity contribution in [3.63, 3.8) is 0 Å². The SMILES string of the molecule is CN=C(NCCCN1CCCN(C)CC1)Nc1ccc(OC)c(OC)c1. The highest BCUT2D eigenvalue weighted by molar-refractivity contribution is 5.93. The number of guanidine groups is 1. The lowest BCUT2D eigenvalue weighted by Crippen LogP contribution is -2.35. The maximum absolute atomic E-state index is 5.34. The first-order chi connectivity index (χ1) is 12.7. The van der Waals surface area contributed by atoms with Crippen molar-refractivity contribution in [1.29, 1.82) is 0 Å². The number of benzene rings is 1. The van der Waals surface area contributed by atoms with Gasteiger partial charge in [0.15, 0.2) is 17.5 Å². The van der Waals surface area contributed by atoms with Crippen LogP contribution >= 0.6 is 0 Å². The lowest BCUT2D eigenvalue weighted by atomic mass is 10.2. The maximum atomic E-state index is 5.34. The molecule has 2 rings (SSSR count). The topological polar surface area (TPSA) is 61.4 Å². The van der Waals surface area contributed by atoms with Crippen LogP contribution in [0.25, 0.3) is 0 Å². The fourth-order valence-electron chi connectivity index (χ4n) is 3.06. The minimum absolute atomic E-state index is 0.694. The van der Waals surface area contributed by atoms with E-state index in [0.29, 0.717) is 11.5 Å². The van der Waals surface area contributed by atoms with Crippen LogP contribution in [0.5, 0.6) is 11.5 Å². The van der Waals surface area contributed by atoms with Crippen LogP contribution in [0.1, 0.15) is 12.8 Å². The van der Waals surface area contributed by atoms with Gasteiger partial charge in [0.05, 0.1) is 14.2 Å². The fraction of sp³-hybridized carbons (Fsp3) is 0.632. The Labute approximate surface area is 157 Å². The van der Waals surface area contributed by atoms with Crippen molar-refractivity contribution in [1.82, 2.24) is 15.1 Å². The van der Waals surface area contributed by atoms with Crippen LogP contribution in [0, 0.1) is 0 Å². The summed E-state index contributed by atoms with van der Waals surface area (Å²) < 4.78 is 10.6. The molecular weight excluding hydrogens is 330 g/mol. The quantitative estimate of drug-likeness (QED) is 0.437. The van der Waals surface area contributed by atoms with Crippen molar-refractivity contribution in [3.8, 4) is 11.5 Å². The number of aliphatic imine (C=N–C) groups is 1. The Balaban J connectivity index is 1.75. The largest absolute Gasteiger partial charge is 0.493 e. The van der Waals surface area contributed by atoms with E-state index >= 15 is 0 Å². The molecule has 0 radical (unpaired) electrons. The first-order valence-corrected chi connectivity index (χ1v) is 9.27. The highest BCUT2D eigenvalue weighted by Crippen LogP contribution is 2.29. The number of rotatable bonds is 7. The van der Waals surface area contributed by atoms with E-state index in [2.05, 4.69) is 32.5 Å². The molecule has 1 aliphatic heterocycles. The zero-order chi connectivity index (χ0) is 18.8. The zero-order valence-corrected chi connectivity index (χ0v) is 16.5. The number of anilines is 1. The Bertz CT molecular complexity index is 579. The van der Waals surface area contributed by atoms with Crippen molar-refractivity contribution in [3.05, 3.63) is 18.2 Å². The van der Waals surface area contributed by atoms with E-state index in [0.717, 1.165) is 44.2 Å². The number of hydrogen-bond donors (Lipinski definition) is 2. The lowest BCUT2D eigenvalue weighted by Gasteiger charge is -2.20. The highest BCUT2D eigenvalue weighted by atomic mass is 16.5. The second-order valence-electron chi connectivity index (χ2n) is 6.55. The molecular formula is C19H33N5O2. The molecule has 1 aromatic carbocycles. The molecule has 1 aromatic rings. The number of hydrogen-bond acceptors (Lipinski definition) is 5. The summed E-state index contributed by atoms with van der Waals surface area (Å²) in [5.74, 6) is 2.16. The molecule has 0 aromatic heterocycles. The molecule has 2 N–H and O–H groups in total. The summed E-state index contributed by atoms with van der Waals surface area (Å²) in [6.07, 6.45) is 2.35. The van der Waals surface area contributed by atoms with E-state index in [-0.39, 0.29) is 0 Å². The molecule has 0 unspecified atom stereocenters. The monoisotopic (exact) mass is 363 g/mol. The second kappa shape index (κ2) is 10.9. The first kappa shape index (κ1) is 20.3. The fourth-order valence-corrected chi connectivity index (χ4v) is 3.06. The van der Waals surface area contributed by atoms with Crippen LogP contribution in [0.3, 0.4) is 0 Å². The predicted molar refractivity (Wildman–Crippen MR) is 108 cm³/mol. The van der Waals surface area contributed by atoms with Gasteiger partial charge in [-0.15, -0.1) is 0 Å². The van der Waals surface area contributed by atoms with Gasteiger partial charge in [-0.25, -0.2) is 0 Å². The van der Waals surface area contributed by atoms with Crippen LogP contribution < -0.4 is 20.1 Å². The molecule has 0 bridgehead atoms. The maximum Gasteiger partial charge on any atom is 0.195 e. The Morgan fingerprint density at radius 2 is 1.92 bits per heavy atom. The summed E-state index contributed by atoms with van der Waals surface area (Å²) in [6, 6.07) is 5.73. The standard InChI is InChI=1S/C19H33N5O2/c1-20-19(22-16-7-8-17(25-3)18(15-16)26-4)21-9-5-11-24-12-6-10-23(2)13-14-24/h7-8,15H,5-6,9-14H2,1-4H3,(H2,20,21,22). The average Bonchev–Trinajstić information content (AvgIpc) is 2.88. The summed E-state index contributed by atoms with van der Waals surface area (Å²) in [5.41, 5.74) is 0.909. The van der Waals surface area contributed by atoms with Gasteiger partial charge in [-0.3, -0.25) is 4.99 Å². The van der Waals surface area contributed by atoms with Gasteiger partial charge < -0.3 is 29.9 Å². The van der Waals surface area contributed by atoms with Gasteiger partial charge in [0.1, 0.15) is 0 Å². The van der Waals surface area contributed by atoms with Gasteiger partial charge in [-0.2, -0.15) is 0 Å². The van der Waals surface area contributed by atoms with Crippen molar-refractivity contribution in [2.75, 3.05) is 72.9 Å². The molecule has 7 heteroatoms.